The van der Waals surface area contributed by atoms with E-state index in [0.717, 1.165) is 5.56 Å². The molecule has 2 N–H and O–H groups in total. The molecule has 0 aliphatic carbocycles. The molecular weight excluding hydrogens is 250 g/mol. The molecule has 104 valence electrons. The maximum absolute atomic E-state index is 11.4. The Morgan fingerprint density at radius 2 is 2.05 bits per heavy atom. The molecule has 0 heterocycles. The third-order valence-electron chi connectivity index (χ3n) is 2.55. The van der Waals surface area contributed by atoms with Gasteiger partial charge in [0.05, 0.1) is 14.2 Å². The number of rotatable bonds is 6. The van der Waals surface area contributed by atoms with Crippen molar-refractivity contribution in [2.75, 3.05) is 14.2 Å². The topological polar surface area (TPSA) is 84.9 Å². The van der Waals surface area contributed by atoms with E-state index in [2.05, 4.69) is 10.4 Å². The van der Waals surface area contributed by atoms with Crippen molar-refractivity contribution >= 4 is 11.9 Å². The fourth-order valence-corrected chi connectivity index (χ4v) is 1.68. The first kappa shape index (κ1) is 13.2. The van der Waals surface area contributed by atoms with E-state index in [1.54, 1.807) is 18.2 Å². The number of hydrogen-bond donors (Lipinski definition) is 2. The molecule has 0 aliphatic heterocycles. The van der Waals surface area contributed by atoms with Gasteiger partial charge in [0.1, 0.15) is 6.04 Å². The van der Waals surface area contributed by atoms with Gasteiger partial charge in [-0.15, -0.1) is 0 Å². The summed E-state index contributed by atoms with van der Waals surface area (Å²) < 4.78 is 16.9. The molecule has 1 aromatic rings. The highest BCUT2D eigenvalue weighted by Crippen LogP contribution is 2.27. The Hall–Kier alpha value is -2.24. The zero-order chi connectivity index (χ0) is 15.1. The molecular formula is C13H17NO5. The van der Waals surface area contributed by atoms with E-state index < -0.39 is 12.0 Å². The number of carbonyl (C=O) groups is 2. The van der Waals surface area contributed by atoms with Gasteiger partial charge in [-0.05, 0) is 17.7 Å². The van der Waals surface area contributed by atoms with Gasteiger partial charge in [0, 0.05) is 13.3 Å². The van der Waals surface area contributed by atoms with Gasteiger partial charge >= 0.3 is 5.97 Å². The van der Waals surface area contributed by atoms with Crippen LogP contribution < -0.4 is 14.8 Å². The number of hydrogen-bond acceptors (Lipinski definition) is 5. The van der Waals surface area contributed by atoms with E-state index in [-0.39, 0.29) is 12.3 Å². The van der Waals surface area contributed by atoms with E-state index in [1.165, 1.54) is 21.1 Å². The van der Waals surface area contributed by atoms with Crippen molar-refractivity contribution in [2.24, 2.45) is 0 Å². The number of carbonyl (C=O) groups excluding carboxylic acids is 1. The number of nitrogens with one attached hydrogen (secondary N) is 1. The molecule has 0 bridgehead atoms. The molecule has 1 atom stereocenters. The molecule has 0 saturated carbocycles. The fraction of sp³-hybridized carbons (Fsp3) is 0.385. The van der Waals surface area contributed by atoms with Gasteiger partial charge in [0.15, 0.2) is 11.5 Å². The molecule has 1 amide bonds. The quantitative estimate of drug-likeness (QED) is 0.798. The Balaban J connectivity index is 2.93. The second-order valence-corrected chi connectivity index (χ2v) is 3.97. The van der Waals surface area contributed by atoms with E-state index in [4.69, 9.17) is 10.9 Å². The molecule has 0 saturated heterocycles. The van der Waals surface area contributed by atoms with Crippen LogP contribution in [0.5, 0.6) is 11.5 Å². The third-order valence-corrected chi connectivity index (χ3v) is 2.55. The molecule has 0 aromatic heterocycles. The summed E-state index contributed by atoms with van der Waals surface area (Å²) >= 11 is 0. The molecule has 0 unspecified atom stereocenters. The van der Waals surface area contributed by atoms with Crippen LogP contribution in [0.4, 0.5) is 0 Å². The first-order valence-electron chi connectivity index (χ1n) is 6.07. The number of amides is 1. The summed E-state index contributed by atoms with van der Waals surface area (Å²) in [7, 11) is 3.03. The van der Waals surface area contributed by atoms with Crippen LogP contribution in [0.1, 0.15) is 12.5 Å². The highest BCUT2D eigenvalue weighted by Gasteiger charge is 2.19. The van der Waals surface area contributed by atoms with Crippen LogP contribution in [0.3, 0.4) is 0 Å². The predicted octanol–water partition coefficient (Wildman–Crippen LogP) is 0.836. The average molecular weight is 268 g/mol. The maximum Gasteiger partial charge on any atom is 0.326 e. The van der Waals surface area contributed by atoms with Crippen molar-refractivity contribution in [1.29, 1.82) is 1.43 Å². The zero-order valence-electron chi connectivity index (χ0n) is 12.1. The normalized spacial score (nSPS) is 12.1. The molecule has 0 spiro atoms. The second-order valence-electron chi connectivity index (χ2n) is 3.97. The Morgan fingerprint density at radius 1 is 1.37 bits per heavy atom. The molecule has 6 nitrogen and oxygen atoms in total. The Labute approximate surface area is 112 Å². The van der Waals surface area contributed by atoms with Crippen LogP contribution in [0.15, 0.2) is 18.2 Å². The lowest BCUT2D eigenvalue weighted by atomic mass is 10.1. The van der Waals surface area contributed by atoms with Crippen LogP contribution in [-0.2, 0) is 16.0 Å². The van der Waals surface area contributed by atoms with Crippen molar-refractivity contribution in [3.63, 3.8) is 0 Å². The Morgan fingerprint density at radius 3 is 2.58 bits per heavy atom. The lowest BCUT2D eigenvalue weighted by Crippen LogP contribution is -2.41. The summed E-state index contributed by atoms with van der Waals surface area (Å²) in [4.78, 5) is 22.5. The molecule has 6 heteroatoms. The van der Waals surface area contributed by atoms with Crippen molar-refractivity contribution in [2.45, 2.75) is 19.4 Å². The Kier molecular flexibility index (Phi) is 4.60. The van der Waals surface area contributed by atoms with E-state index >= 15 is 0 Å². The van der Waals surface area contributed by atoms with Crippen LogP contribution in [-0.4, -0.2) is 37.2 Å². The molecule has 0 radical (unpaired) electrons. The summed E-state index contributed by atoms with van der Waals surface area (Å²) in [5.74, 6) is -0.114. The summed E-state index contributed by atoms with van der Waals surface area (Å²) in [6, 6.07) is 4.23. The van der Waals surface area contributed by atoms with Gasteiger partial charge in [-0.3, -0.25) is 4.79 Å². The van der Waals surface area contributed by atoms with Gasteiger partial charge in [-0.1, -0.05) is 6.07 Å². The van der Waals surface area contributed by atoms with Crippen LogP contribution in [0.2, 0.25) is 0 Å². The lowest BCUT2D eigenvalue weighted by Gasteiger charge is -2.14. The molecule has 0 aliphatic rings. The smallest absolute Gasteiger partial charge is 0.326 e. The summed E-state index contributed by atoms with van der Waals surface area (Å²) in [5, 5.41) is 6.37. The summed E-state index contributed by atoms with van der Waals surface area (Å²) in [6.45, 7) is 1.29. The van der Waals surface area contributed by atoms with Crippen LogP contribution >= 0.6 is 0 Å². The van der Waals surface area contributed by atoms with Crippen molar-refractivity contribution in [3.05, 3.63) is 23.8 Å². The van der Waals surface area contributed by atoms with E-state index in [0.29, 0.717) is 11.5 Å². The van der Waals surface area contributed by atoms with Gasteiger partial charge in [-0.25, -0.2) is 4.79 Å². The van der Waals surface area contributed by atoms with Crippen molar-refractivity contribution in [1.82, 2.24) is 5.32 Å². The number of benzene rings is 1. The maximum atomic E-state index is 11.4. The van der Waals surface area contributed by atoms with Crippen LogP contribution in [0, 0.1) is 0 Å². The summed E-state index contributed by atoms with van der Waals surface area (Å²) in [6.07, 6.45) is 0.192. The van der Waals surface area contributed by atoms with Gasteiger partial charge in [-0.2, -0.15) is 0 Å². The number of aliphatic carboxylic acids is 1. The number of carboxylic acids is 1. The number of ether oxygens (including phenoxy) is 2. The first-order chi connectivity index (χ1) is 9.51. The van der Waals surface area contributed by atoms with Gasteiger partial charge in [0.2, 0.25) is 5.91 Å². The molecule has 1 rings (SSSR count). The van der Waals surface area contributed by atoms with Gasteiger partial charge < -0.3 is 19.9 Å². The standard InChI is InChI=1S/C13H17NO5/c1-8(15)14-10(13(16)17)6-9-4-5-11(18-2)12(7-9)19-3/h4-5,7,10H,6H2,1-3H3,(H,14,15)(H,16,17)/t10-/m1/s1/i/hD. The SMILES string of the molecule is [2H]OC(=O)[C@@H](Cc1ccc(OC)c(OC)c1)NC(C)=O. The minimum atomic E-state index is -0.914. The highest BCUT2D eigenvalue weighted by atomic mass is 16.5. The number of methoxy groups -OCH3 is 2. The first-order valence-corrected chi connectivity index (χ1v) is 5.66. The molecule has 1 aromatic carbocycles. The fourth-order valence-electron chi connectivity index (χ4n) is 1.68. The van der Waals surface area contributed by atoms with E-state index in [1.807, 2.05) is 0 Å². The highest BCUT2D eigenvalue weighted by molar-refractivity contribution is 5.82. The predicted molar refractivity (Wildman–Crippen MR) is 68.5 cm³/mol. The monoisotopic (exact) mass is 268 g/mol. The third kappa shape index (κ3) is 4.17. The molecule has 19 heavy (non-hydrogen) atoms. The van der Waals surface area contributed by atoms with E-state index in [9.17, 15) is 9.59 Å². The van der Waals surface area contributed by atoms with Crippen molar-refractivity contribution in [3.8, 4) is 11.5 Å². The Bertz CT molecular complexity index is 492. The number of carboxylic acid groups (broad SMARTS) is 1. The second kappa shape index (κ2) is 6.63. The van der Waals surface area contributed by atoms with Gasteiger partial charge in [0.25, 0.3) is 1.43 Å². The van der Waals surface area contributed by atoms with Crippen molar-refractivity contribution < 1.29 is 24.2 Å². The summed E-state index contributed by atoms with van der Waals surface area (Å²) in [5.41, 5.74) is 0.742. The minimum Gasteiger partial charge on any atom is -0.493 e. The lowest BCUT2D eigenvalue weighted by molar-refractivity contribution is -0.141. The zero-order valence-corrected chi connectivity index (χ0v) is 11.1. The molecule has 0 fully saturated rings. The minimum absolute atomic E-state index is 0.192. The van der Waals surface area contributed by atoms with Crippen LogP contribution in [0.25, 0.3) is 1.43 Å². The average Bonchev–Trinajstić information content (AvgIpc) is 2.45. The largest absolute Gasteiger partial charge is 0.493 e.